The van der Waals surface area contributed by atoms with E-state index in [1.807, 2.05) is 65.2 Å². The highest BCUT2D eigenvalue weighted by Crippen LogP contribution is 2.39. The summed E-state index contributed by atoms with van der Waals surface area (Å²) in [6.07, 6.45) is 7.35. The third-order valence-electron chi connectivity index (χ3n) is 10.9. The highest BCUT2D eigenvalue weighted by Gasteiger charge is 2.34. The molecule has 0 unspecified atom stereocenters. The van der Waals surface area contributed by atoms with Crippen molar-refractivity contribution < 1.29 is 19.2 Å². The van der Waals surface area contributed by atoms with Crippen LogP contribution in [0.2, 0.25) is 0 Å². The Bertz CT molecular complexity index is 2120. The molecule has 0 radical (unpaired) electrons. The summed E-state index contributed by atoms with van der Waals surface area (Å²) in [4.78, 5) is 36.2. The lowest BCUT2D eigenvalue weighted by molar-refractivity contribution is -0.129. The number of fused-ring (bicyclic) bond motifs is 2. The van der Waals surface area contributed by atoms with Crippen LogP contribution in [-0.2, 0) is 21.5 Å². The Balaban J connectivity index is 1.13. The number of benzene rings is 2. The number of hydrogen-bond donors (Lipinski definition) is 1. The molecular formula is C42H53N9O4. The minimum Gasteiger partial charge on any atom is -0.484 e. The molecule has 7 rings (SSSR count). The number of carbonyl (C=O) groups excluding carboxylic acids is 2. The first-order valence-electron chi connectivity index (χ1n) is 19.5. The molecule has 13 nitrogen and oxygen atoms in total. The Labute approximate surface area is 323 Å². The maximum Gasteiger partial charge on any atom is 0.357 e. The molecule has 2 amide bonds. The van der Waals surface area contributed by atoms with Crippen LogP contribution in [0, 0.1) is 0 Å². The van der Waals surface area contributed by atoms with Crippen LogP contribution >= 0.6 is 0 Å². The smallest absolute Gasteiger partial charge is 0.357 e. The average molecular weight is 748 g/mol. The van der Waals surface area contributed by atoms with E-state index < -0.39 is 6.03 Å². The highest BCUT2D eigenvalue weighted by atomic mass is 16.7. The van der Waals surface area contributed by atoms with Gasteiger partial charge in [-0.1, -0.05) is 64.1 Å². The molecule has 2 aromatic carbocycles. The molecule has 1 fully saturated rings. The summed E-state index contributed by atoms with van der Waals surface area (Å²) in [6.45, 7) is 13.6. The molecule has 0 spiro atoms. The van der Waals surface area contributed by atoms with Gasteiger partial charge in [0, 0.05) is 30.6 Å². The van der Waals surface area contributed by atoms with Crippen molar-refractivity contribution >= 4 is 29.9 Å². The fourth-order valence-corrected chi connectivity index (χ4v) is 7.56. The Morgan fingerprint density at radius 2 is 1.82 bits per heavy atom. The predicted octanol–water partition coefficient (Wildman–Crippen LogP) is 7.34. The van der Waals surface area contributed by atoms with Crippen LogP contribution in [0.1, 0.15) is 101 Å². The molecule has 55 heavy (non-hydrogen) atoms. The van der Waals surface area contributed by atoms with Crippen molar-refractivity contribution in [3.8, 4) is 11.4 Å². The Morgan fingerprint density at radius 1 is 1.00 bits per heavy atom. The molecule has 3 atom stereocenters. The van der Waals surface area contributed by atoms with Crippen molar-refractivity contribution in [1.82, 2.24) is 34.6 Å². The summed E-state index contributed by atoms with van der Waals surface area (Å²) in [5, 5.41) is 18.1. The van der Waals surface area contributed by atoms with Crippen molar-refractivity contribution in [3.05, 3.63) is 95.3 Å². The van der Waals surface area contributed by atoms with Crippen LogP contribution in [-0.4, -0.2) is 74.5 Å². The number of pyridine rings is 1. The van der Waals surface area contributed by atoms with E-state index in [1.54, 1.807) is 4.68 Å². The number of nitrogens with one attached hydrogen (secondary N) is 1. The minimum atomic E-state index is -0.578. The van der Waals surface area contributed by atoms with Gasteiger partial charge in [0.15, 0.2) is 11.5 Å². The van der Waals surface area contributed by atoms with Gasteiger partial charge in [0.2, 0.25) is 5.95 Å². The van der Waals surface area contributed by atoms with Gasteiger partial charge < -0.3 is 24.7 Å². The lowest BCUT2D eigenvalue weighted by atomic mass is 9.85. The number of urea groups is 1. The highest BCUT2D eigenvalue weighted by molar-refractivity contribution is 5.90. The summed E-state index contributed by atoms with van der Waals surface area (Å²) in [5.41, 5.74) is 5.02. The van der Waals surface area contributed by atoms with E-state index in [-0.39, 0.29) is 24.0 Å². The first-order chi connectivity index (χ1) is 26.5. The van der Waals surface area contributed by atoms with Gasteiger partial charge in [-0.2, -0.15) is 5.10 Å². The maximum atomic E-state index is 14.2. The molecule has 5 aromatic rings. The summed E-state index contributed by atoms with van der Waals surface area (Å²) >= 11 is 0. The molecule has 2 aliphatic rings. The first-order valence-corrected chi connectivity index (χ1v) is 19.5. The van der Waals surface area contributed by atoms with E-state index in [0.29, 0.717) is 24.7 Å². The van der Waals surface area contributed by atoms with Gasteiger partial charge in [-0.15, -0.1) is 15.3 Å². The maximum absolute atomic E-state index is 14.2. The minimum absolute atomic E-state index is 0.238. The normalized spacial score (nSPS) is 18.6. The zero-order chi connectivity index (χ0) is 38.7. The molecule has 1 saturated heterocycles. The van der Waals surface area contributed by atoms with Gasteiger partial charge in [-0.05, 0) is 100.0 Å². The molecule has 0 bridgehead atoms. The second-order valence-corrected chi connectivity index (χ2v) is 15.8. The number of ether oxygens (including phenoxy) is 1. The molecule has 0 saturated carbocycles. The number of carbonyl (C=O) groups is 2. The standard InChI is InChI=1S/C42H53N9O4/c1-7-47(6)24-22-30-14-12-15-31(25-30)50-39(26-37(46-50)42(3,4)5)51(54-28-52)41(53)43-35-19-20-36(34-17-9-8-16-33(34)35)55-32-18-21-38-44-45-40(49(38)27-32)48-23-11-10-13-29(48)2/h8-9,12,14-18,21,25-29,35-36H,7,10-11,13,19-20,22-24H2,1-6H3,(H,43,53)/t29-,35-,36+/m0/s1. The molecule has 290 valence electrons. The second-order valence-electron chi connectivity index (χ2n) is 15.8. The van der Waals surface area contributed by atoms with E-state index in [0.717, 1.165) is 89.4 Å². The van der Waals surface area contributed by atoms with E-state index in [9.17, 15) is 9.59 Å². The Kier molecular flexibility index (Phi) is 11.1. The quantitative estimate of drug-likeness (QED) is 0.103. The lowest BCUT2D eigenvalue weighted by Crippen LogP contribution is -2.43. The summed E-state index contributed by atoms with van der Waals surface area (Å²) < 4.78 is 10.4. The molecule has 4 heterocycles. The number of hydrogen-bond acceptors (Lipinski definition) is 9. The third-order valence-corrected chi connectivity index (χ3v) is 10.9. The van der Waals surface area contributed by atoms with E-state index in [2.05, 4.69) is 79.1 Å². The van der Waals surface area contributed by atoms with Crippen LogP contribution in [0.15, 0.2) is 72.9 Å². The number of aromatic nitrogens is 5. The summed E-state index contributed by atoms with van der Waals surface area (Å²) in [5.74, 6) is 1.88. The lowest BCUT2D eigenvalue weighted by Gasteiger charge is -2.34. The fraction of sp³-hybridized carbons (Fsp3) is 0.452. The van der Waals surface area contributed by atoms with Crippen molar-refractivity contribution in [1.29, 1.82) is 0 Å². The van der Waals surface area contributed by atoms with Gasteiger partial charge in [0.25, 0.3) is 0 Å². The largest absolute Gasteiger partial charge is 0.484 e. The van der Waals surface area contributed by atoms with Crippen molar-refractivity contribution in [3.63, 3.8) is 0 Å². The molecule has 3 aromatic heterocycles. The van der Waals surface area contributed by atoms with Gasteiger partial charge in [-0.3, -0.25) is 9.20 Å². The number of amides is 2. The zero-order valence-electron chi connectivity index (χ0n) is 32.8. The van der Waals surface area contributed by atoms with E-state index in [4.69, 9.17) is 14.7 Å². The van der Waals surface area contributed by atoms with Crippen LogP contribution in [0.4, 0.5) is 16.6 Å². The van der Waals surface area contributed by atoms with E-state index >= 15 is 0 Å². The molecule has 13 heteroatoms. The number of hydroxylamine groups is 1. The topological polar surface area (TPSA) is 122 Å². The Hall–Kier alpha value is -5.43. The fourth-order valence-electron chi connectivity index (χ4n) is 7.56. The molecular weight excluding hydrogens is 695 g/mol. The van der Waals surface area contributed by atoms with Gasteiger partial charge in [0.1, 0.15) is 11.9 Å². The number of nitrogens with zero attached hydrogens (tertiary/aromatic N) is 8. The molecule has 1 N–H and O–H groups in total. The van der Waals surface area contributed by atoms with Gasteiger partial charge in [-0.25, -0.2) is 9.48 Å². The number of rotatable bonds is 12. The van der Waals surface area contributed by atoms with Crippen LogP contribution < -0.4 is 20.0 Å². The third kappa shape index (κ3) is 8.17. The van der Waals surface area contributed by atoms with Crippen LogP contribution in [0.3, 0.4) is 0 Å². The number of piperidine rings is 1. The van der Waals surface area contributed by atoms with Crippen molar-refractivity contribution in [2.45, 2.75) is 96.7 Å². The van der Waals surface area contributed by atoms with Crippen molar-refractivity contribution in [2.24, 2.45) is 0 Å². The SMILES string of the molecule is CCN(C)CCc1cccc(-n2nc(C(C)(C)C)cc2N(OC=O)C(=O)N[C@H]2CC[C@@H](Oc3ccc4nnc(N5CCCC[C@@H]5C)n4c3)c3ccccc32)c1. The van der Waals surface area contributed by atoms with Gasteiger partial charge >= 0.3 is 12.5 Å². The number of anilines is 2. The van der Waals surface area contributed by atoms with Gasteiger partial charge in [0.05, 0.1) is 23.6 Å². The first kappa shape index (κ1) is 37.9. The summed E-state index contributed by atoms with van der Waals surface area (Å²) in [7, 11) is 2.10. The second kappa shape index (κ2) is 16.1. The zero-order valence-corrected chi connectivity index (χ0v) is 32.8. The average Bonchev–Trinajstić information content (AvgIpc) is 3.82. The predicted molar refractivity (Wildman–Crippen MR) is 213 cm³/mol. The molecule has 1 aliphatic heterocycles. The van der Waals surface area contributed by atoms with Crippen LogP contribution in [0.5, 0.6) is 5.75 Å². The summed E-state index contributed by atoms with van der Waals surface area (Å²) in [6, 6.07) is 21.3. The molecule has 1 aliphatic carbocycles. The van der Waals surface area contributed by atoms with Crippen molar-refractivity contribution in [2.75, 3.05) is 36.6 Å². The number of likely N-dealkylation sites (N-methyl/N-ethyl adjacent to an activating group) is 1. The monoisotopic (exact) mass is 747 g/mol. The van der Waals surface area contributed by atoms with Crippen LogP contribution in [0.25, 0.3) is 11.3 Å². The Morgan fingerprint density at radius 3 is 2.58 bits per heavy atom. The van der Waals surface area contributed by atoms with E-state index in [1.165, 1.54) is 6.42 Å².